The van der Waals surface area contributed by atoms with Crippen molar-refractivity contribution in [1.82, 2.24) is 0 Å². The van der Waals surface area contributed by atoms with Crippen molar-refractivity contribution < 1.29 is 18.9 Å². The molecule has 0 radical (unpaired) electrons. The third-order valence-corrected chi connectivity index (χ3v) is 4.42. The SMILES string of the molecule is COc1ccc(CC2=NCCc3ccc(OC)c(OC)c32)cc1OC. The molecule has 25 heavy (non-hydrogen) atoms. The summed E-state index contributed by atoms with van der Waals surface area (Å²) in [5.74, 6) is 2.91. The number of hydrogen-bond acceptors (Lipinski definition) is 5. The Labute approximate surface area is 148 Å². The van der Waals surface area contributed by atoms with Crippen LogP contribution in [-0.4, -0.2) is 40.7 Å². The van der Waals surface area contributed by atoms with E-state index < -0.39 is 0 Å². The fraction of sp³-hybridized carbons (Fsp3) is 0.350. The number of aliphatic imine (C=N–C) groups is 1. The zero-order valence-electron chi connectivity index (χ0n) is 15.1. The molecule has 1 aliphatic heterocycles. The topological polar surface area (TPSA) is 49.3 Å². The maximum atomic E-state index is 5.63. The molecule has 1 heterocycles. The van der Waals surface area contributed by atoms with Gasteiger partial charge in [0, 0.05) is 18.5 Å². The molecular weight excluding hydrogens is 318 g/mol. The molecule has 1 aliphatic rings. The number of rotatable bonds is 6. The molecule has 3 rings (SSSR count). The molecular formula is C20H23NO4. The zero-order chi connectivity index (χ0) is 17.8. The first-order valence-corrected chi connectivity index (χ1v) is 8.20. The fourth-order valence-corrected chi connectivity index (χ4v) is 3.21. The van der Waals surface area contributed by atoms with Gasteiger partial charge >= 0.3 is 0 Å². The summed E-state index contributed by atoms with van der Waals surface area (Å²) in [4.78, 5) is 4.76. The van der Waals surface area contributed by atoms with E-state index in [2.05, 4.69) is 6.07 Å². The summed E-state index contributed by atoms with van der Waals surface area (Å²) in [6.07, 6.45) is 1.60. The molecule has 0 bridgehead atoms. The van der Waals surface area contributed by atoms with Crippen LogP contribution in [0.15, 0.2) is 35.3 Å². The number of methoxy groups -OCH3 is 4. The highest BCUT2D eigenvalue weighted by Gasteiger charge is 2.22. The van der Waals surface area contributed by atoms with E-state index in [9.17, 15) is 0 Å². The van der Waals surface area contributed by atoms with Crippen molar-refractivity contribution >= 4 is 5.71 Å². The maximum absolute atomic E-state index is 5.63. The van der Waals surface area contributed by atoms with Gasteiger partial charge in [-0.15, -0.1) is 0 Å². The predicted molar refractivity (Wildman–Crippen MR) is 97.9 cm³/mol. The lowest BCUT2D eigenvalue weighted by molar-refractivity contribution is 0.353. The molecule has 0 saturated heterocycles. The van der Waals surface area contributed by atoms with Crippen LogP contribution in [0.3, 0.4) is 0 Å². The number of nitrogens with zero attached hydrogens (tertiary/aromatic N) is 1. The summed E-state index contributed by atoms with van der Waals surface area (Å²) >= 11 is 0. The van der Waals surface area contributed by atoms with Gasteiger partial charge in [-0.2, -0.15) is 0 Å². The van der Waals surface area contributed by atoms with Crippen LogP contribution in [0.5, 0.6) is 23.0 Å². The van der Waals surface area contributed by atoms with Gasteiger partial charge in [-0.1, -0.05) is 12.1 Å². The molecule has 0 aliphatic carbocycles. The van der Waals surface area contributed by atoms with Crippen LogP contribution in [0.4, 0.5) is 0 Å². The minimum atomic E-state index is 0.691. The number of ether oxygens (including phenoxy) is 4. The van der Waals surface area contributed by atoms with Crippen molar-refractivity contribution in [2.75, 3.05) is 35.0 Å². The highest BCUT2D eigenvalue weighted by molar-refractivity contribution is 6.06. The van der Waals surface area contributed by atoms with Gasteiger partial charge in [0.1, 0.15) is 0 Å². The third-order valence-electron chi connectivity index (χ3n) is 4.42. The van der Waals surface area contributed by atoms with Crippen molar-refractivity contribution in [2.45, 2.75) is 12.8 Å². The van der Waals surface area contributed by atoms with Gasteiger partial charge < -0.3 is 18.9 Å². The molecule has 0 aromatic heterocycles. The molecule has 0 atom stereocenters. The summed E-state index contributed by atoms with van der Waals surface area (Å²) < 4.78 is 21.8. The van der Waals surface area contributed by atoms with E-state index in [1.54, 1.807) is 28.4 Å². The molecule has 0 saturated carbocycles. The summed E-state index contributed by atoms with van der Waals surface area (Å²) in [6, 6.07) is 9.99. The Balaban J connectivity index is 1.99. The van der Waals surface area contributed by atoms with Crippen LogP contribution >= 0.6 is 0 Å². The Bertz CT molecular complexity index is 799. The quantitative estimate of drug-likeness (QED) is 0.809. The molecule has 5 nitrogen and oxygen atoms in total. The third kappa shape index (κ3) is 3.27. The highest BCUT2D eigenvalue weighted by atomic mass is 16.5. The highest BCUT2D eigenvalue weighted by Crippen LogP contribution is 2.37. The van der Waals surface area contributed by atoms with E-state index >= 15 is 0 Å². The van der Waals surface area contributed by atoms with Crippen molar-refractivity contribution in [1.29, 1.82) is 0 Å². The second-order valence-electron chi connectivity index (χ2n) is 5.78. The molecule has 2 aromatic carbocycles. The molecule has 0 fully saturated rings. The van der Waals surface area contributed by atoms with Gasteiger partial charge in [-0.25, -0.2) is 0 Å². The van der Waals surface area contributed by atoms with Crippen LogP contribution in [-0.2, 0) is 12.8 Å². The monoisotopic (exact) mass is 341 g/mol. The van der Waals surface area contributed by atoms with Gasteiger partial charge in [0.25, 0.3) is 0 Å². The van der Waals surface area contributed by atoms with Crippen molar-refractivity contribution in [3.63, 3.8) is 0 Å². The standard InChI is InChI=1S/C20H23NO4/c1-22-16-7-5-13(12-18(16)24-3)11-15-19-14(9-10-21-15)6-8-17(23-2)20(19)25-4/h5-8,12H,9-11H2,1-4H3. The first-order chi connectivity index (χ1) is 12.2. The second-order valence-corrected chi connectivity index (χ2v) is 5.78. The molecule has 132 valence electrons. The lowest BCUT2D eigenvalue weighted by atomic mass is 9.92. The Morgan fingerprint density at radius 1 is 0.840 bits per heavy atom. The van der Waals surface area contributed by atoms with Crippen LogP contribution in [0.1, 0.15) is 16.7 Å². The Morgan fingerprint density at radius 3 is 2.24 bits per heavy atom. The second kappa shape index (κ2) is 7.47. The van der Waals surface area contributed by atoms with Crippen molar-refractivity contribution in [3.8, 4) is 23.0 Å². The van der Waals surface area contributed by atoms with Gasteiger partial charge in [0.2, 0.25) is 0 Å². The lowest BCUT2D eigenvalue weighted by Gasteiger charge is -2.22. The molecule has 0 spiro atoms. The minimum absolute atomic E-state index is 0.691. The fourth-order valence-electron chi connectivity index (χ4n) is 3.21. The smallest absolute Gasteiger partial charge is 0.170 e. The zero-order valence-corrected chi connectivity index (χ0v) is 15.1. The molecule has 0 amide bonds. The Kier molecular flexibility index (Phi) is 5.12. The van der Waals surface area contributed by atoms with Gasteiger partial charge in [0.15, 0.2) is 23.0 Å². The summed E-state index contributed by atoms with van der Waals surface area (Å²) in [5.41, 5.74) is 4.39. The van der Waals surface area contributed by atoms with Gasteiger partial charge in [-0.05, 0) is 35.7 Å². The average molecular weight is 341 g/mol. The average Bonchev–Trinajstić information content (AvgIpc) is 2.67. The van der Waals surface area contributed by atoms with Crippen LogP contribution in [0.2, 0.25) is 0 Å². The summed E-state index contributed by atoms with van der Waals surface area (Å²) in [7, 11) is 6.60. The van der Waals surface area contributed by atoms with Gasteiger partial charge in [0.05, 0.1) is 34.2 Å². The molecule has 0 N–H and O–H groups in total. The molecule has 0 unspecified atom stereocenters. The first kappa shape index (κ1) is 17.1. The van der Waals surface area contributed by atoms with Crippen LogP contribution < -0.4 is 18.9 Å². The van der Waals surface area contributed by atoms with E-state index in [1.165, 1.54) is 5.56 Å². The van der Waals surface area contributed by atoms with E-state index in [1.807, 2.05) is 24.3 Å². The minimum Gasteiger partial charge on any atom is -0.493 e. The molecule has 5 heteroatoms. The van der Waals surface area contributed by atoms with E-state index in [0.717, 1.165) is 47.1 Å². The van der Waals surface area contributed by atoms with Gasteiger partial charge in [-0.3, -0.25) is 4.99 Å². The van der Waals surface area contributed by atoms with E-state index in [0.29, 0.717) is 12.2 Å². The van der Waals surface area contributed by atoms with E-state index in [4.69, 9.17) is 23.9 Å². The predicted octanol–water partition coefficient (Wildman–Crippen LogP) is 3.31. The van der Waals surface area contributed by atoms with Crippen LogP contribution in [0.25, 0.3) is 0 Å². The number of hydrogen-bond donors (Lipinski definition) is 0. The first-order valence-electron chi connectivity index (χ1n) is 8.20. The normalized spacial score (nSPS) is 12.9. The van der Waals surface area contributed by atoms with Crippen LogP contribution in [0, 0.1) is 0 Å². The molecule has 2 aromatic rings. The number of fused-ring (bicyclic) bond motifs is 1. The summed E-state index contributed by atoms with van der Waals surface area (Å²) in [5, 5.41) is 0. The van der Waals surface area contributed by atoms with Crippen molar-refractivity contribution in [2.24, 2.45) is 4.99 Å². The Morgan fingerprint density at radius 2 is 1.56 bits per heavy atom. The summed E-state index contributed by atoms with van der Waals surface area (Å²) in [6.45, 7) is 0.783. The lowest BCUT2D eigenvalue weighted by Crippen LogP contribution is -2.17. The largest absolute Gasteiger partial charge is 0.493 e. The number of benzene rings is 2. The van der Waals surface area contributed by atoms with E-state index in [-0.39, 0.29) is 0 Å². The maximum Gasteiger partial charge on any atom is 0.170 e. The van der Waals surface area contributed by atoms with Crippen molar-refractivity contribution in [3.05, 3.63) is 47.0 Å². The Hall–Kier alpha value is -2.69.